The Morgan fingerprint density at radius 2 is 1.37 bits per heavy atom. The van der Waals surface area contributed by atoms with Gasteiger partial charge < -0.3 is 43.4 Å². The van der Waals surface area contributed by atoms with Crippen molar-refractivity contribution in [1.82, 2.24) is 16.0 Å². The molecule has 0 fully saturated rings. The van der Waals surface area contributed by atoms with E-state index >= 15 is 0 Å². The van der Waals surface area contributed by atoms with Crippen LogP contribution in [0.2, 0.25) is 0 Å². The Morgan fingerprint density at radius 3 is 1.87 bits per heavy atom. The second-order valence-corrected chi connectivity index (χ2v) is 6.39. The number of nitrogens with two attached hydrogens (primary N) is 3. The lowest BCUT2D eigenvalue weighted by Crippen LogP contribution is -2.57. The van der Waals surface area contributed by atoms with Gasteiger partial charge in [0.1, 0.15) is 18.6 Å². The minimum atomic E-state index is -1.60. The highest BCUT2D eigenvalue weighted by Crippen LogP contribution is 2.02. The summed E-state index contributed by atoms with van der Waals surface area (Å²) in [6, 6.07) is -4.18. The number of carboxylic acid groups (broad SMARTS) is 2. The lowest BCUT2D eigenvalue weighted by Gasteiger charge is -2.22. The third-order valence-corrected chi connectivity index (χ3v) is 3.77. The number of carboxylic acids is 2. The molecular weight excluding hydrogens is 404 g/mol. The number of primary amides is 1. The van der Waals surface area contributed by atoms with Crippen LogP contribution in [0.4, 0.5) is 0 Å². The van der Waals surface area contributed by atoms with Crippen molar-refractivity contribution in [2.45, 2.75) is 50.2 Å². The van der Waals surface area contributed by atoms with Gasteiger partial charge in [-0.25, -0.2) is 0 Å². The first kappa shape index (κ1) is 26.7. The Balaban J connectivity index is 5.19. The number of rotatable bonds is 15. The van der Waals surface area contributed by atoms with Crippen molar-refractivity contribution >= 4 is 35.6 Å². The summed E-state index contributed by atoms with van der Waals surface area (Å²) in [6.07, 6.45) is -0.0748. The summed E-state index contributed by atoms with van der Waals surface area (Å²) in [4.78, 5) is 69.4. The number of aliphatic carboxylic acids is 2. The van der Waals surface area contributed by atoms with Gasteiger partial charge in [-0.1, -0.05) is 6.42 Å². The van der Waals surface area contributed by atoms with E-state index in [1.54, 1.807) is 0 Å². The Labute approximate surface area is 171 Å². The average Bonchev–Trinajstić information content (AvgIpc) is 2.64. The van der Waals surface area contributed by atoms with Gasteiger partial charge in [0.25, 0.3) is 0 Å². The van der Waals surface area contributed by atoms with Gasteiger partial charge in [0.05, 0.1) is 18.9 Å². The van der Waals surface area contributed by atoms with E-state index in [0.29, 0.717) is 19.4 Å². The van der Waals surface area contributed by atoms with E-state index in [0.717, 1.165) is 0 Å². The fourth-order valence-electron chi connectivity index (χ4n) is 2.27. The molecule has 0 aliphatic rings. The van der Waals surface area contributed by atoms with E-state index in [1.807, 2.05) is 5.32 Å². The summed E-state index contributed by atoms with van der Waals surface area (Å²) >= 11 is 0. The number of nitrogens with one attached hydrogen (secondary N) is 3. The summed E-state index contributed by atoms with van der Waals surface area (Å²) in [6.45, 7) is -0.375. The van der Waals surface area contributed by atoms with E-state index in [1.165, 1.54) is 0 Å². The molecule has 0 aromatic carbocycles. The number of amides is 4. The topological polar surface area (TPSA) is 257 Å². The molecular formula is C16H28N6O8. The molecule has 0 saturated heterocycles. The zero-order valence-corrected chi connectivity index (χ0v) is 16.3. The van der Waals surface area contributed by atoms with Crippen LogP contribution in [0.25, 0.3) is 0 Å². The van der Waals surface area contributed by atoms with Crippen molar-refractivity contribution in [2.75, 3.05) is 13.1 Å². The summed E-state index contributed by atoms with van der Waals surface area (Å²) < 4.78 is 0. The van der Waals surface area contributed by atoms with E-state index in [9.17, 15) is 28.8 Å². The van der Waals surface area contributed by atoms with Crippen LogP contribution in [0, 0.1) is 0 Å². The van der Waals surface area contributed by atoms with Gasteiger partial charge in [-0.3, -0.25) is 28.8 Å². The molecule has 3 atom stereocenters. The fourth-order valence-corrected chi connectivity index (χ4v) is 2.27. The predicted molar refractivity (Wildman–Crippen MR) is 101 cm³/mol. The highest BCUT2D eigenvalue weighted by atomic mass is 16.4. The van der Waals surface area contributed by atoms with Gasteiger partial charge in [0.2, 0.25) is 23.6 Å². The summed E-state index contributed by atoms with van der Waals surface area (Å²) in [7, 11) is 0. The largest absolute Gasteiger partial charge is 0.481 e. The van der Waals surface area contributed by atoms with Crippen LogP contribution in [-0.2, 0) is 28.8 Å². The van der Waals surface area contributed by atoms with Gasteiger partial charge in [-0.05, 0) is 19.4 Å². The maximum Gasteiger partial charge on any atom is 0.322 e. The van der Waals surface area contributed by atoms with Crippen molar-refractivity contribution < 1.29 is 39.0 Å². The molecule has 0 saturated carbocycles. The van der Waals surface area contributed by atoms with Gasteiger partial charge >= 0.3 is 11.9 Å². The van der Waals surface area contributed by atoms with Crippen LogP contribution in [-0.4, -0.2) is 77.0 Å². The van der Waals surface area contributed by atoms with E-state index in [-0.39, 0.29) is 6.42 Å². The molecule has 14 heteroatoms. The molecule has 0 radical (unpaired) electrons. The Bertz CT molecular complexity index is 656. The molecule has 0 aliphatic heterocycles. The molecule has 0 rings (SSSR count). The van der Waals surface area contributed by atoms with Gasteiger partial charge in [0, 0.05) is 0 Å². The molecule has 4 amide bonds. The second kappa shape index (κ2) is 13.8. The standard InChI is InChI=1S/C16H28N6O8/c17-4-2-1-3-8(18)14(28)21-10(6-12(24)25)16(30)22-9(5-11(19)23)15(29)20-7-13(26)27/h8-10H,1-7,17-18H2,(H2,19,23)(H,20,29)(H,21,28)(H,22,30)(H,24,25)(H,26,27). The molecule has 0 aliphatic carbocycles. The van der Waals surface area contributed by atoms with Gasteiger partial charge in [-0.2, -0.15) is 0 Å². The number of hydrogen-bond acceptors (Lipinski definition) is 8. The number of carbonyl (C=O) groups is 6. The van der Waals surface area contributed by atoms with Crippen LogP contribution < -0.4 is 33.2 Å². The predicted octanol–water partition coefficient (Wildman–Crippen LogP) is -4.04. The zero-order chi connectivity index (χ0) is 23.3. The molecule has 0 aromatic rings. The normalized spacial score (nSPS) is 13.4. The first-order valence-electron chi connectivity index (χ1n) is 9.03. The van der Waals surface area contributed by atoms with E-state index in [4.69, 9.17) is 27.4 Å². The van der Waals surface area contributed by atoms with E-state index < -0.39 is 73.1 Å². The third-order valence-electron chi connectivity index (χ3n) is 3.77. The smallest absolute Gasteiger partial charge is 0.322 e. The quantitative estimate of drug-likeness (QED) is 0.116. The molecule has 170 valence electrons. The molecule has 11 N–H and O–H groups in total. The maximum absolute atomic E-state index is 12.4. The van der Waals surface area contributed by atoms with Crippen LogP contribution >= 0.6 is 0 Å². The Kier molecular flexibility index (Phi) is 12.3. The maximum atomic E-state index is 12.4. The lowest BCUT2D eigenvalue weighted by molar-refractivity contribution is -0.142. The van der Waals surface area contributed by atoms with Gasteiger partial charge in [-0.15, -0.1) is 0 Å². The minimum absolute atomic E-state index is 0.256. The minimum Gasteiger partial charge on any atom is -0.481 e. The number of hydrogen-bond donors (Lipinski definition) is 8. The molecule has 30 heavy (non-hydrogen) atoms. The zero-order valence-electron chi connectivity index (χ0n) is 16.3. The summed E-state index contributed by atoms with van der Waals surface area (Å²) in [5.41, 5.74) is 16.1. The molecule has 0 bridgehead atoms. The second-order valence-electron chi connectivity index (χ2n) is 6.39. The van der Waals surface area contributed by atoms with Crippen LogP contribution in [0.1, 0.15) is 32.1 Å². The first-order chi connectivity index (χ1) is 14.0. The van der Waals surface area contributed by atoms with Crippen LogP contribution in [0.3, 0.4) is 0 Å². The first-order valence-corrected chi connectivity index (χ1v) is 9.03. The van der Waals surface area contributed by atoms with Crippen molar-refractivity contribution in [2.24, 2.45) is 17.2 Å². The fraction of sp³-hybridized carbons (Fsp3) is 0.625. The molecule has 0 aromatic heterocycles. The number of carbonyl (C=O) groups excluding carboxylic acids is 4. The Hall–Kier alpha value is -3.26. The third kappa shape index (κ3) is 11.6. The average molecular weight is 432 g/mol. The summed E-state index contributed by atoms with van der Waals surface area (Å²) in [5.74, 6) is -6.66. The highest BCUT2D eigenvalue weighted by molar-refractivity contribution is 5.96. The van der Waals surface area contributed by atoms with Gasteiger partial charge in [0.15, 0.2) is 0 Å². The molecule has 0 heterocycles. The SMILES string of the molecule is NCCCCC(N)C(=O)NC(CC(=O)O)C(=O)NC(CC(N)=O)C(=O)NCC(=O)O. The van der Waals surface area contributed by atoms with E-state index in [2.05, 4.69) is 10.6 Å². The van der Waals surface area contributed by atoms with Crippen molar-refractivity contribution in [3.8, 4) is 0 Å². The highest BCUT2D eigenvalue weighted by Gasteiger charge is 2.30. The number of unbranched alkanes of at least 4 members (excludes halogenated alkanes) is 1. The molecule has 0 spiro atoms. The summed E-state index contributed by atoms with van der Waals surface area (Å²) in [5, 5.41) is 23.8. The lowest BCUT2D eigenvalue weighted by atomic mass is 10.1. The van der Waals surface area contributed by atoms with Crippen LogP contribution in [0.15, 0.2) is 0 Å². The monoisotopic (exact) mass is 432 g/mol. The van der Waals surface area contributed by atoms with Crippen molar-refractivity contribution in [3.63, 3.8) is 0 Å². The van der Waals surface area contributed by atoms with Crippen molar-refractivity contribution in [3.05, 3.63) is 0 Å². The van der Waals surface area contributed by atoms with Crippen LogP contribution in [0.5, 0.6) is 0 Å². The molecule has 3 unspecified atom stereocenters. The Morgan fingerprint density at radius 1 is 0.800 bits per heavy atom. The van der Waals surface area contributed by atoms with Crippen molar-refractivity contribution in [1.29, 1.82) is 0 Å². The molecule has 14 nitrogen and oxygen atoms in total.